The minimum Gasteiger partial charge on any atom is -0.481 e. The average molecular weight is 220 g/mol. The van der Waals surface area contributed by atoms with Gasteiger partial charge in [-0.25, -0.2) is 0 Å². The Bertz CT molecular complexity index is 180. The number of carboxylic acids is 1. The van der Waals surface area contributed by atoms with Crippen LogP contribution in [0.25, 0.3) is 0 Å². The van der Waals surface area contributed by atoms with Gasteiger partial charge in [-0.2, -0.15) is 11.8 Å². The largest absolute Gasteiger partial charge is 0.481 e. The topological polar surface area (TPSA) is 55.8 Å². The van der Waals surface area contributed by atoms with Gasteiger partial charge in [0.1, 0.15) is 6.79 Å². The molecule has 0 radical (unpaired) electrons. The van der Waals surface area contributed by atoms with Crippen LogP contribution in [0.4, 0.5) is 0 Å². The molecule has 0 bridgehead atoms. The molecule has 1 aliphatic rings. The molecule has 1 saturated heterocycles. The van der Waals surface area contributed by atoms with Crippen molar-refractivity contribution in [2.45, 2.75) is 31.1 Å². The summed E-state index contributed by atoms with van der Waals surface area (Å²) in [5.41, 5.74) is 0. The van der Waals surface area contributed by atoms with Crippen molar-refractivity contribution in [3.05, 3.63) is 0 Å². The number of ether oxygens (including phenoxy) is 2. The minimum atomic E-state index is -0.738. The molecule has 0 aromatic rings. The van der Waals surface area contributed by atoms with Gasteiger partial charge in [0.25, 0.3) is 0 Å². The maximum absolute atomic E-state index is 10.4. The summed E-state index contributed by atoms with van der Waals surface area (Å²) >= 11 is 1.65. The van der Waals surface area contributed by atoms with E-state index in [1.807, 2.05) is 6.92 Å². The lowest BCUT2D eigenvalue weighted by Gasteiger charge is -2.23. The van der Waals surface area contributed by atoms with Crippen molar-refractivity contribution in [2.75, 3.05) is 19.2 Å². The van der Waals surface area contributed by atoms with E-state index in [2.05, 4.69) is 0 Å². The van der Waals surface area contributed by atoms with E-state index in [4.69, 9.17) is 14.6 Å². The van der Waals surface area contributed by atoms with Gasteiger partial charge in [0.2, 0.25) is 0 Å². The standard InChI is InChI=1S/C9H16O4S/c1-7(4-9(10)11)14-5-8-2-3-12-6-13-8/h7-8H,2-6H2,1H3,(H,10,11). The van der Waals surface area contributed by atoms with Crippen LogP contribution in [-0.2, 0) is 14.3 Å². The third-order valence-electron chi connectivity index (χ3n) is 2.00. The van der Waals surface area contributed by atoms with Crippen molar-refractivity contribution < 1.29 is 19.4 Å². The Morgan fingerprint density at radius 3 is 3.07 bits per heavy atom. The SMILES string of the molecule is CC(CC(=O)O)SCC1CCOCO1. The molecule has 5 heteroatoms. The van der Waals surface area contributed by atoms with Crippen molar-refractivity contribution in [3.63, 3.8) is 0 Å². The zero-order valence-electron chi connectivity index (χ0n) is 8.27. The van der Waals surface area contributed by atoms with Gasteiger partial charge in [-0.1, -0.05) is 6.92 Å². The molecule has 0 saturated carbocycles. The summed E-state index contributed by atoms with van der Waals surface area (Å²) in [7, 11) is 0. The van der Waals surface area contributed by atoms with Gasteiger partial charge in [-0.05, 0) is 6.42 Å². The van der Waals surface area contributed by atoms with Gasteiger partial charge < -0.3 is 14.6 Å². The Kier molecular flexibility index (Phi) is 5.29. The van der Waals surface area contributed by atoms with E-state index in [-0.39, 0.29) is 17.8 Å². The molecular weight excluding hydrogens is 204 g/mol. The van der Waals surface area contributed by atoms with Crippen LogP contribution in [0.3, 0.4) is 0 Å². The molecule has 2 unspecified atom stereocenters. The average Bonchev–Trinajstić information content (AvgIpc) is 2.15. The number of hydrogen-bond donors (Lipinski definition) is 1. The third kappa shape index (κ3) is 4.83. The van der Waals surface area contributed by atoms with Crippen LogP contribution in [0.15, 0.2) is 0 Å². The smallest absolute Gasteiger partial charge is 0.304 e. The monoisotopic (exact) mass is 220 g/mol. The number of carbonyl (C=O) groups is 1. The number of rotatable bonds is 5. The lowest BCUT2D eigenvalue weighted by atomic mass is 10.3. The maximum atomic E-state index is 10.4. The van der Waals surface area contributed by atoms with Gasteiger partial charge in [-0.15, -0.1) is 0 Å². The normalized spacial score (nSPS) is 24.5. The zero-order valence-corrected chi connectivity index (χ0v) is 9.09. The van der Waals surface area contributed by atoms with Crippen LogP contribution in [0.5, 0.6) is 0 Å². The number of aliphatic carboxylic acids is 1. The third-order valence-corrected chi connectivity index (χ3v) is 3.30. The van der Waals surface area contributed by atoms with Gasteiger partial charge in [0.15, 0.2) is 0 Å². The number of thioether (sulfide) groups is 1. The van der Waals surface area contributed by atoms with E-state index in [9.17, 15) is 4.79 Å². The molecule has 4 nitrogen and oxygen atoms in total. The second-order valence-corrected chi connectivity index (χ2v) is 4.82. The lowest BCUT2D eigenvalue weighted by Crippen LogP contribution is -2.26. The highest BCUT2D eigenvalue weighted by molar-refractivity contribution is 7.99. The Labute approximate surface area is 88.0 Å². The molecule has 0 spiro atoms. The summed E-state index contributed by atoms with van der Waals surface area (Å²) in [5, 5.41) is 8.71. The molecule has 0 aliphatic carbocycles. The predicted octanol–water partition coefficient (Wildman–Crippen LogP) is 1.35. The molecular formula is C9H16O4S. The summed E-state index contributed by atoms with van der Waals surface area (Å²) < 4.78 is 10.4. The Morgan fingerprint density at radius 2 is 2.50 bits per heavy atom. The van der Waals surface area contributed by atoms with Crippen molar-refractivity contribution in [3.8, 4) is 0 Å². The summed E-state index contributed by atoms with van der Waals surface area (Å²) in [5.74, 6) is 0.121. The summed E-state index contributed by atoms with van der Waals surface area (Å²) in [6, 6.07) is 0. The molecule has 2 atom stereocenters. The fraction of sp³-hybridized carbons (Fsp3) is 0.889. The first kappa shape index (κ1) is 11.8. The summed E-state index contributed by atoms with van der Waals surface area (Å²) in [4.78, 5) is 10.4. The van der Waals surface area contributed by atoms with Crippen molar-refractivity contribution >= 4 is 17.7 Å². The molecule has 1 fully saturated rings. The minimum absolute atomic E-state index is 0.152. The van der Waals surface area contributed by atoms with E-state index < -0.39 is 5.97 Å². The highest BCUT2D eigenvalue weighted by Crippen LogP contribution is 2.19. The fourth-order valence-corrected chi connectivity index (χ4v) is 2.28. The molecule has 1 aliphatic heterocycles. The first-order valence-corrected chi connectivity index (χ1v) is 5.76. The van der Waals surface area contributed by atoms with Gasteiger partial charge in [0, 0.05) is 11.0 Å². The fourth-order valence-electron chi connectivity index (χ4n) is 1.21. The van der Waals surface area contributed by atoms with E-state index in [0.29, 0.717) is 6.79 Å². The molecule has 0 aromatic carbocycles. The molecule has 82 valence electrons. The van der Waals surface area contributed by atoms with Crippen LogP contribution >= 0.6 is 11.8 Å². The molecule has 0 aromatic heterocycles. The van der Waals surface area contributed by atoms with Crippen LogP contribution in [0.2, 0.25) is 0 Å². The molecule has 1 heterocycles. The van der Waals surface area contributed by atoms with E-state index in [1.165, 1.54) is 0 Å². The number of hydrogen-bond acceptors (Lipinski definition) is 4. The Balaban J connectivity index is 2.09. The highest BCUT2D eigenvalue weighted by Gasteiger charge is 2.16. The quantitative estimate of drug-likeness (QED) is 0.758. The highest BCUT2D eigenvalue weighted by atomic mass is 32.2. The van der Waals surface area contributed by atoms with Crippen molar-refractivity contribution in [1.29, 1.82) is 0 Å². The van der Waals surface area contributed by atoms with Crippen LogP contribution in [0, 0.1) is 0 Å². The summed E-state index contributed by atoms with van der Waals surface area (Å²) in [6.07, 6.45) is 1.35. The van der Waals surface area contributed by atoms with Crippen molar-refractivity contribution in [2.24, 2.45) is 0 Å². The van der Waals surface area contributed by atoms with Crippen LogP contribution in [0.1, 0.15) is 19.8 Å². The number of carboxylic acid groups (broad SMARTS) is 1. The lowest BCUT2D eigenvalue weighted by molar-refractivity contribution is -0.137. The zero-order chi connectivity index (χ0) is 10.4. The molecule has 1 rings (SSSR count). The van der Waals surface area contributed by atoms with E-state index in [0.717, 1.165) is 18.8 Å². The van der Waals surface area contributed by atoms with Crippen molar-refractivity contribution in [1.82, 2.24) is 0 Å². The summed E-state index contributed by atoms with van der Waals surface area (Å²) in [6.45, 7) is 3.05. The second-order valence-electron chi connectivity index (χ2n) is 3.35. The van der Waals surface area contributed by atoms with Gasteiger partial charge in [0.05, 0.1) is 19.1 Å². The second kappa shape index (κ2) is 6.27. The predicted molar refractivity (Wildman–Crippen MR) is 54.5 cm³/mol. The maximum Gasteiger partial charge on any atom is 0.304 e. The first-order chi connectivity index (χ1) is 6.68. The molecule has 14 heavy (non-hydrogen) atoms. The first-order valence-electron chi connectivity index (χ1n) is 4.71. The van der Waals surface area contributed by atoms with Crippen LogP contribution in [-0.4, -0.2) is 41.6 Å². The van der Waals surface area contributed by atoms with Gasteiger partial charge >= 0.3 is 5.97 Å². The molecule has 0 amide bonds. The van der Waals surface area contributed by atoms with E-state index >= 15 is 0 Å². The van der Waals surface area contributed by atoms with Crippen LogP contribution < -0.4 is 0 Å². The van der Waals surface area contributed by atoms with E-state index in [1.54, 1.807) is 11.8 Å². The Morgan fingerprint density at radius 1 is 1.71 bits per heavy atom. The Hall–Kier alpha value is -0.260. The van der Waals surface area contributed by atoms with Gasteiger partial charge in [-0.3, -0.25) is 4.79 Å². The molecule has 1 N–H and O–H groups in total.